The Kier molecular flexibility index (Phi) is 8.86. The van der Waals surface area contributed by atoms with Gasteiger partial charge in [-0.25, -0.2) is 18.6 Å². The fourth-order valence-corrected chi connectivity index (χ4v) is 1.36. The van der Waals surface area contributed by atoms with Gasteiger partial charge in [0, 0.05) is 0 Å². The zero-order valence-corrected chi connectivity index (χ0v) is 15.0. The standard InChI is InChI=1S/C11H2F18O6/c12-1-32-7(19,20)8(21,22)33-5(15,16)2(30)4(13,14)3(31)6(17,18)34-9(23,24)10(25,26)35-11(27,28)29/h1H2. The highest BCUT2D eigenvalue weighted by Crippen LogP contribution is 2.46. The van der Waals surface area contributed by atoms with E-state index in [0.29, 0.717) is 0 Å². The highest BCUT2D eigenvalue weighted by molar-refractivity contribution is 6.12. The molecule has 0 aromatic rings. The molecular weight excluding hydrogens is 570 g/mol. The molecule has 0 radical (unpaired) electrons. The summed E-state index contributed by atoms with van der Waals surface area (Å²) in [5.41, 5.74) is 0. The van der Waals surface area contributed by atoms with Crippen LogP contribution in [0.25, 0.3) is 0 Å². The summed E-state index contributed by atoms with van der Waals surface area (Å²) >= 11 is 0. The van der Waals surface area contributed by atoms with Gasteiger partial charge in [0.05, 0.1) is 0 Å². The van der Waals surface area contributed by atoms with Gasteiger partial charge in [0.2, 0.25) is 0 Å². The number of halogens is 18. The van der Waals surface area contributed by atoms with Crippen molar-refractivity contribution in [1.29, 1.82) is 0 Å². The van der Waals surface area contributed by atoms with Crippen LogP contribution in [0.3, 0.4) is 0 Å². The average molecular weight is 572 g/mol. The van der Waals surface area contributed by atoms with Gasteiger partial charge in [-0.3, -0.25) is 14.3 Å². The third-order valence-corrected chi connectivity index (χ3v) is 2.77. The molecule has 0 saturated carbocycles. The Balaban J connectivity index is 6.00. The van der Waals surface area contributed by atoms with Crippen LogP contribution in [0.4, 0.5) is 79.0 Å². The SMILES string of the molecule is O=C(C(F)(F)OC(F)(F)C(F)(F)OCF)C(F)(F)C(=O)C(F)(F)OC(F)(F)C(F)(F)OC(F)(F)F. The molecule has 0 aliphatic carbocycles. The third kappa shape index (κ3) is 7.45. The molecule has 0 aliphatic heterocycles. The quantitative estimate of drug-likeness (QED) is 0.233. The predicted molar refractivity (Wildman–Crippen MR) is 61.0 cm³/mol. The summed E-state index contributed by atoms with van der Waals surface area (Å²) < 4.78 is 235. The van der Waals surface area contributed by atoms with Crippen LogP contribution in [-0.4, -0.2) is 67.4 Å². The summed E-state index contributed by atoms with van der Waals surface area (Å²) in [4.78, 5) is 21.7. The maximum Gasteiger partial charge on any atom is 0.527 e. The second kappa shape index (κ2) is 9.42. The molecule has 0 spiro atoms. The van der Waals surface area contributed by atoms with Crippen LogP contribution < -0.4 is 0 Å². The zero-order valence-electron chi connectivity index (χ0n) is 15.0. The van der Waals surface area contributed by atoms with Crippen molar-refractivity contribution in [2.24, 2.45) is 0 Å². The smallest absolute Gasteiger partial charge is 0.282 e. The van der Waals surface area contributed by atoms with E-state index in [-0.39, 0.29) is 0 Å². The van der Waals surface area contributed by atoms with Gasteiger partial charge in [0.15, 0.2) is 6.86 Å². The fourth-order valence-electron chi connectivity index (χ4n) is 1.36. The lowest BCUT2D eigenvalue weighted by Gasteiger charge is -2.31. The van der Waals surface area contributed by atoms with Crippen LogP contribution in [-0.2, 0) is 28.5 Å². The molecule has 0 heterocycles. The molecule has 0 amide bonds. The third-order valence-electron chi connectivity index (χ3n) is 2.77. The molecule has 0 unspecified atom stereocenters. The highest BCUT2D eigenvalue weighted by atomic mass is 19.4. The lowest BCUT2D eigenvalue weighted by molar-refractivity contribution is -0.524. The average Bonchev–Trinajstić information content (AvgIpc) is 2.56. The van der Waals surface area contributed by atoms with Crippen molar-refractivity contribution >= 4 is 11.6 Å². The normalized spacial score (nSPS) is 15.4. The fraction of sp³-hybridized carbons (Fsp3) is 0.818. The summed E-state index contributed by atoms with van der Waals surface area (Å²) in [5.74, 6) is -17.3. The largest absolute Gasteiger partial charge is 0.527 e. The second-order valence-corrected chi connectivity index (χ2v) is 5.34. The zero-order chi connectivity index (χ0) is 28.7. The summed E-state index contributed by atoms with van der Waals surface area (Å²) in [7, 11) is 0. The molecule has 0 rings (SSSR count). The molecule has 35 heavy (non-hydrogen) atoms. The van der Waals surface area contributed by atoms with E-state index in [9.17, 15) is 88.6 Å². The van der Waals surface area contributed by atoms with Gasteiger partial charge in [0.25, 0.3) is 0 Å². The first-order chi connectivity index (χ1) is 15.0. The molecule has 0 saturated heterocycles. The topological polar surface area (TPSA) is 71.1 Å². The lowest BCUT2D eigenvalue weighted by atomic mass is 10.1. The number of carbonyl (C=O) groups excluding carboxylic acids is 2. The molecular formula is C11H2F18O6. The highest BCUT2D eigenvalue weighted by Gasteiger charge is 2.75. The minimum Gasteiger partial charge on any atom is -0.282 e. The summed E-state index contributed by atoms with van der Waals surface area (Å²) in [6, 6.07) is 0. The second-order valence-electron chi connectivity index (χ2n) is 5.34. The van der Waals surface area contributed by atoms with E-state index in [1.165, 1.54) is 9.47 Å². The number of alkyl halides is 18. The Morgan fingerprint density at radius 1 is 0.486 bits per heavy atom. The van der Waals surface area contributed by atoms with E-state index in [4.69, 9.17) is 0 Å². The van der Waals surface area contributed by atoms with Crippen molar-refractivity contribution < 1.29 is 108 Å². The van der Waals surface area contributed by atoms with E-state index in [1.54, 1.807) is 4.74 Å². The van der Waals surface area contributed by atoms with Crippen molar-refractivity contribution in [2.45, 2.75) is 48.9 Å². The molecule has 0 atom stereocenters. The van der Waals surface area contributed by atoms with E-state index in [0.717, 1.165) is 0 Å². The van der Waals surface area contributed by atoms with E-state index < -0.39 is 67.4 Å². The number of ketones is 2. The Hall–Kier alpha value is -2.08. The van der Waals surface area contributed by atoms with Gasteiger partial charge in [-0.15, -0.1) is 13.2 Å². The van der Waals surface area contributed by atoms with Crippen LogP contribution in [0.5, 0.6) is 0 Å². The Morgan fingerprint density at radius 2 is 0.771 bits per heavy atom. The van der Waals surface area contributed by atoms with Crippen LogP contribution >= 0.6 is 0 Å². The van der Waals surface area contributed by atoms with E-state index in [1.807, 2.05) is 0 Å². The number of carbonyl (C=O) groups is 2. The molecule has 0 aromatic carbocycles. The summed E-state index contributed by atoms with van der Waals surface area (Å²) in [6.07, 6.45) is -49.4. The number of hydrogen-bond acceptors (Lipinski definition) is 6. The number of rotatable bonds is 13. The van der Waals surface area contributed by atoms with Gasteiger partial charge in [-0.1, -0.05) is 0 Å². The van der Waals surface area contributed by atoms with Crippen molar-refractivity contribution in [3.05, 3.63) is 0 Å². The summed E-state index contributed by atoms with van der Waals surface area (Å²) in [6.45, 7) is -2.90. The first kappa shape index (κ1) is 32.9. The van der Waals surface area contributed by atoms with Crippen LogP contribution in [0.2, 0.25) is 0 Å². The molecule has 24 heteroatoms. The Labute approximate surface area is 176 Å². The van der Waals surface area contributed by atoms with Crippen LogP contribution in [0, 0.1) is 0 Å². The lowest BCUT2D eigenvalue weighted by Crippen LogP contribution is -2.60. The summed E-state index contributed by atoms with van der Waals surface area (Å²) in [5, 5.41) is 0. The monoisotopic (exact) mass is 572 g/mol. The van der Waals surface area contributed by atoms with Crippen molar-refractivity contribution in [2.75, 3.05) is 6.86 Å². The van der Waals surface area contributed by atoms with E-state index >= 15 is 0 Å². The van der Waals surface area contributed by atoms with Gasteiger partial charge in [-0.2, -0.15) is 61.5 Å². The number of ether oxygens (including phenoxy) is 4. The Bertz CT molecular complexity index is 788. The number of hydrogen-bond donors (Lipinski definition) is 0. The molecule has 0 fully saturated rings. The van der Waals surface area contributed by atoms with Crippen LogP contribution in [0.15, 0.2) is 0 Å². The maximum atomic E-state index is 13.4. The molecule has 0 aliphatic rings. The number of Topliss-reactive ketones (excluding diaryl/α,β-unsaturated/α-hetero) is 2. The van der Waals surface area contributed by atoms with Gasteiger partial charge >= 0.3 is 60.5 Å². The van der Waals surface area contributed by atoms with E-state index in [2.05, 4.69) is 4.74 Å². The van der Waals surface area contributed by atoms with Crippen molar-refractivity contribution in [1.82, 2.24) is 0 Å². The van der Waals surface area contributed by atoms with Gasteiger partial charge in [-0.05, 0) is 0 Å². The van der Waals surface area contributed by atoms with Crippen LogP contribution in [0.1, 0.15) is 0 Å². The predicted octanol–water partition coefficient (Wildman–Crippen LogP) is 4.83. The molecule has 0 bridgehead atoms. The van der Waals surface area contributed by atoms with Crippen molar-refractivity contribution in [3.63, 3.8) is 0 Å². The van der Waals surface area contributed by atoms with Crippen molar-refractivity contribution in [3.8, 4) is 0 Å². The maximum absolute atomic E-state index is 13.4. The molecule has 208 valence electrons. The first-order valence-electron chi connectivity index (χ1n) is 7.11. The molecule has 6 nitrogen and oxygen atoms in total. The molecule has 0 N–H and O–H groups in total. The van der Waals surface area contributed by atoms with Gasteiger partial charge < -0.3 is 0 Å². The Morgan fingerprint density at radius 3 is 1.06 bits per heavy atom. The minimum absolute atomic E-state index is 1.37. The molecule has 0 aromatic heterocycles. The minimum atomic E-state index is -7.40. The van der Waals surface area contributed by atoms with Gasteiger partial charge in [0.1, 0.15) is 0 Å². The first-order valence-corrected chi connectivity index (χ1v) is 7.11.